The minimum absolute atomic E-state index is 0.233. The normalized spacial score (nSPS) is 19.3. The molecule has 0 aromatic rings. The minimum Gasteiger partial charge on any atom is -0.466 e. The molecule has 1 heterocycles. The summed E-state index contributed by atoms with van der Waals surface area (Å²) in [6.07, 6.45) is 5.22. The summed E-state index contributed by atoms with van der Waals surface area (Å²) in [5, 5.41) is 5.39. The zero-order valence-electron chi connectivity index (χ0n) is 11.3. The fourth-order valence-corrected chi connectivity index (χ4v) is 2.16. The summed E-state index contributed by atoms with van der Waals surface area (Å²) < 4.78 is 4.76. The summed E-state index contributed by atoms with van der Waals surface area (Å²) in [6, 6.07) is -0.483. The number of rotatable bonds is 6. The van der Waals surface area contributed by atoms with E-state index in [0.29, 0.717) is 11.3 Å². The number of hydrogen-bond donors (Lipinski definition) is 2. The Kier molecular flexibility index (Phi) is 5.68. The number of urea groups is 1. The van der Waals surface area contributed by atoms with Crippen molar-refractivity contribution in [2.75, 3.05) is 7.11 Å². The molecule has 18 heavy (non-hydrogen) atoms. The number of hydrogen-bond acceptors (Lipinski definition) is 3. The van der Waals surface area contributed by atoms with Gasteiger partial charge in [-0.3, -0.25) is 0 Å². The van der Waals surface area contributed by atoms with Crippen LogP contribution in [-0.4, -0.2) is 25.2 Å². The van der Waals surface area contributed by atoms with Crippen molar-refractivity contribution in [2.45, 2.75) is 52.0 Å². The predicted molar refractivity (Wildman–Crippen MR) is 68.9 cm³/mol. The molecule has 0 radical (unpaired) electrons. The summed E-state index contributed by atoms with van der Waals surface area (Å²) in [4.78, 5) is 23.1. The van der Waals surface area contributed by atoms with Crippen LogP contribution in [0.15, 0.2) is 11.3 Å². The van der Waals surface area contributed by atoms with Crippen LogP contribution in [0.3, 0.4) is 0 Å². The predicted octanol–water partition coefficient (Wildman–Crippen LogP) is 2.09. The SMILES string of the molecule is CCCCCCC1NC(=O)NC(C)=C1C(=O)OC. The third-order valence-electron chi connectivity index (χ3n) is 3.11. The Bertz CT molecular complexity index is 350. The Hall–Kier alpha value is -1.52. The van der Waals surface area contributed by atoms with Gasteiger partial charge in [0.05, 0.1) is 18.7 Å². The number of methoxy groups -OCH3 is 1. The van der Waals surface area contributed by atoms with Crippen molar-refractivity contribution in [1.82, 2.24) is 10.6 Å². The van der Waals surface area contributed by atoms with E-state index in [1.54, 1.807) is 6.92 Å². The standard InChI is InChI=1S/C13H22N2O3/c1-4-5-6-7-8-10-11(12(16)18-3)9(2)14-13(17)15-10/h10H,4-8H2,1-3H3,(H2,14,15,17). The molecule has 0 aromatic heterocycles. The van der Waals surface area contributed by atoms with E-state index in [1.165, 1.54) is 13.5 Å². The number of ether oxygens (including phenoxy) is 1. The van der Waals surface area contributed by atoms with E-state index in [0.717, 1.165) is 25.7 Å². The molecule has 2 N–H and O–H groups in total. The molecular formula is C13H22N2O3. The van der Waals surface area contributed by atoms with E-state index >= 15 is 0 Å². The third kappa shape index (κ3) is 3.75. The molecule has 0 fully saturated rings. The van der Waals surface area contributed by atoms with E-state index in [1.807, 2.05) is 0 Å². The second-order valence-electron chi connectivity index (χ2n) is 4.53. The molecular weight excluding hydrogens is 232 g/mol. The lowest BCUT2D eigenvalue weighted by Gasteiger charge is -2.27. The molecule has 0 bridgehead atoms. The number of nitrogens with one attached hydrogen (secondary N) is 2. The van der Waals surface area contributed by atoms with Gasteiger partial charge in [-0.15, -0.1) is 0 Å². The lowest BCUT2D eigenvalue weighted by atomic mass is 9.97. The highest BCUT2D eigenvalue weighted by atomic mass is 16.5. The number of carbonyl (C=O) groups excluding carboxylic acids is 2. The molecule has 0 saturated heterocycles. The second-order valence-corrected chi connectivity index (χ2v) is 4.53. The van der Waals surface area contributed by atoms with Crippen LogP contribution < -0.4 is 10.6 Å². The number of unbranched alkanes of at least 4 members (excludes halogenated alkanes) is 3. The van der Waals surface area contributed by atoms with Gasteiger partial charge in [0.2, 0.25) is 0 Å². The molecule has 2 amide bonds. The van der Waals surface area contributed by atoms with Gasteiger partial charge in [0.15, 0.2) is 0 Å². The fraction of sp³-hybridized carbons (Fsp3) is 0.692. The highest BCUT2D eigenvalue weighted by Gasteiger charge is 2.29. The number of amides is 2. The molecule has 5 nitrogen and oxygen atoms in total. The van der Waals surface area contributed by atoms with Crippen molar-refractivity contribution in [3.8, 4) is 0 Å². The third-order valence-corrected chi connectivity index (χ3v) is 3.11. The first-order valence-corrected chi connectivity index (χ1v) is 6.46. The molecule has 0 saturated carbocycles. The van der Waals surface area contributed by atoms with Crippen molar-refractivity contribution in [3.63, 3.8) is 0 Å². The van der Waals surface area contributed by atoms with Crippen LogP contribution in [0.25, 0.3) is 0 Å². The Labute approximate surface area is 108 Å². The van der Waals surface area contributed by atoms with Crippen molar-refractivity contribution in [3.05, 3.63) is 11.3 Å². The number of esters is 1. The first kappa shape index (κ1) is 14.5. The molecule has 1 rings (SSSR count). The topological polar surface area (TPSA) is 67.4 Å². The van der Waals surface area contributed by atoms with Gasteiger partial charge in [-0.1, -0.05) is 32.6 Å². The maximum Gasteiger partial charge on any atom is 0.337 e. The van der Waals surface area contributed by atoms with E-state index in [4.69, 9.17) is 4.74 Å². The van der Waals surface area contributed by atoms with Gasteiger partial charge in [0.25, 0.3) is 0 Å². The van der Waals surface area contributed by atoms with Gasteiger partial charge < -0.3 is 15.4 Å². The highest BCUT2D eigenvalue weighted by molar-refractivity contribution is 5.94. The van der Waals surface area contributed by atoms with E-state index in [9.17, 15) is 9.59 Å². The van der Waals surface area contributed by atoms with Gasteiger partial charge in [-0.2, -0.15) is 0 Å². The molecule has 1 atom stereocenters. The summed E-state index contributed by atoms with van der Waals surface area (Å²) in [5.41, 5.74) is 1.12. The highest BCUT2D eigenvalue weighted by Crippen LogP contribution is 2.19. The average Bonchev–Trinajstić information content (AvgIpc) is 2.33. The van der Waals surface area contributed by atoms with Crippen LogP contribution in [0, 0.1) is 0 Å². The molecule has 1 aliphatic rings. The van der Waals surface area contributed by atoms with Crippen LogP contribution in [0.4, 0.5) is 4.79 Å². The molecule has 1 aliphatic heterocycles. The number of carbonyl (C=O) groups is 2. The maximum absolute atomic E-state index is 11.7. The molecule has 5 heteroatoms. The Morgan fingerprint density at radius 2 is 2.06 bits per heavy atom. The Balaban J connectivity index is 2.69. The fourth-order valence-electron chi connectivity index (χ4n) is 2.16. The van der Waals surface area contributed by atoms with Crippen LogP contribution in [0.5, 0.6) is 0 Å². The van der Waals surface area contributed by atoms with E-state index < -0.39 is 0 Å². The zero-order valence-corrected chi connectivity index (χ0v) is 11.3. The van der Waals surface area contributed by atoms with Crippen molar-refractivity contribution in [2.24, 2.45) is 0 Å². The maximum atomic E-state index is 11.7. The average molecular weight is 254 g/mol. The summed E-state index contributed by atoms with van der Waals surface area (Å²) >= 11 is 0. The van der Waals surface area contributed by atoms with E-state index in [-0.39, 0.29) is 18.0 Å². The quantitative estimate of drug-likeness (QED) is 0.563. The van der Waals surface area contributed by atoms with Crippen LogP contribution in [-0.2, 0) is 9.53 Å². The van der Waals surface area contributed by atoms with E-state index in [2.05, 4.69) is 17.6 Å². The van der Waals surface area contributed by atoms with Crippen LogP contribution in [0.1, 0.15) is 46.0 Å². The summed E-state index contributed by atoms with van der Waals surface area (Å²) in [6.45, 7) is 3.88. The van der Waals surface area contributed by atoms with Gasteiger partial charge in [-0.25, -0.2) is 9.59 Å². The van der Waals surface area contributed by atoms with Gasteiger partial charge in [0.1, 0.15) is 0 Å². The summed E-state index contributed by atoms with van der Waals surface area (Å²) in [5.74, 6) is -0.375. The summed E-state index contributed by atoms with van der Waals surface area (Å²) in [7, 11) is 1.35. The Morgan fingerprint density at radius 1 is 1.33 bits per heavy atom. The van der Waals surface area contributed by atoms with Crippen LogP contribution >= 0.6 is 0 Å². The molecule has 0 aliphatic carbocycles. The second kappa shape index (κ2) is 7.03. The van der Waals surface area contributed by atoms with Crippen LogP contribution in [0.2, 0.25) is 0 Å². The van der Waals surface area contributed by atoms with Crippen molar-refractivity contribution >= 4 is 12.0 Å². The first-order valence-electron chi connectivity index (χ1n) is 6.46. The number of allylic oxidation sites excluding steroid dienone is 1. The molecule has 0 aromatic carbocycles. The minimum atomic E-state index is -0.375. The lowest BCUT2D eigenvalue weighted by molar-refractivity contribution is -0.136. The van der Waals surface area contributed by atoms with Crippen molar-refractivity contribution < 1.29 is 14.3 Å². The smallest absolute Gasteiger partial charge is 0.337 e. The molecule has 0 spiro atoms. The van der Waals surface area contributed by atoms with Gasteiger partial charge >= 0.3 is 12.0 Å². The molecule has 1 unspecified atom stereocenters. The molecule has 102 valence electrons. The van der Waals surface area contributed by atoms with Gasteiger partial charge in [0, 0.05) is 5.70 Å². The van der Waals surface area contributed by atoms with Gasteiger partial charge in [-0.05, 0) is 13.3 Å². The lowest BCUT2D eigenvalue weighted by Crippen LogP contribution is -2.49. The zero-order chi connectivity index (χ0) is 13.5. The first-order chi connectivity index (χ1) is 8.60. The Morgan fingerprint density at radius 3 is 2.67 bits per heavy atom. The largest absolute Gasteiger partial charge is 0.466 e. The van der Waals surface area contributed by atoms with Crippen molar-refractivity contribution in [1.29, 1.82) is 0 Å². The monoisotopic (exact) mass is 254 g/mol.